The number of aliphatic hydroxyl groups is 2. The largest absolute Gasteiger partial charge is 0.508 e. The number of aliphatic hydroxyl groups excluding tert-OH is 2. The second kappa shape index (κ2) is 5.16. The summed E-state index contributed by atoms with van der Waals surface area (Å²) in [5.41, 5.74) is 0.00213. The summed E-state index contributed by atoms with van der Waals surface area (Å²) in [5, 5.41) is 28.7. The molecule has 0 bridgehead atoms. The summed E-state index contributed by atoms with van der Waals surface area (Å²) in [6.07, 6.45) is -3.32. The number of esters is 1. The smallest absolute Gasteiger partial charge is 0.337 e. The summed E-state index contributed by atoms with van der Waals surface area (Å²) >= 11 is 5.60. The van der Waals surface area contributed by atoms with E-state index in [4.69, 9.17) is 11.6 Å². The van der Waals surface area contributed by atoms with Gasteiger partial charge >= 0.3 is 5.97 Å². The van der Waals surface area contributed by atoms with E-state index in [2.05, 4.69) is 4.74 Å². The molecule has 2 atom stereocenters. The van der Waals surface area contributed by atoms with Gasteiger partial charge in [0.15, 0.2) is 6.10 Å². The van der Waals surface area contributed by atoms with Crippen LogP contribution < -0.4 is 0 Å². The Morgan fingerprint density at radius 3 is 2.56 bits per heavy atom. The average Bonchev–Trinajstić information content (AvgIpc) is 2.26. The third-order valence-electron chi connectivity index (χ3n) is 2.05. The van der Waals surface area contributed by atoms with Gasteiger partial charge < -0.3 is 20.1 Å². The lowest BCUT2D eigenvalue weighted by atomic mass is 10.0. The standard InChI is InChI=1S/C10H11ClO5/c1-16-10(15)9(14)8(13)6-3-2-5(11)4-7(6)12/h2-4,8-9,12-14H,1H3. The Kier molecular flexibility index (Phi) is 4.12. The third kappa shape index (κ3) is 2.63. The number of phenols is 1. The van der Waals surface area contributed by atoms with Crippen LogP contribution in [0.3, 0.4) is 0 Å². The van der Waals surface area contributed by atoms with E-state index in [1.807, 2.05) is 0 Å². The SMILES string of the molecule is COC(=O)C(O)C(O)c1ccc(Cl)cc1O. The normalized spacial score (nSPS) is 14.2. The lowest BCUT2D eigenvalue weighted by molar-refractivity contribution is -0.156. The van der Waals surface area contributed by atoms with Gasteiger partial charge in [0.1, 0.15) is 11.9 Å². The molecule has 0 aliphatic rings. The Hall–Kier alpha value is -1.30. The number of aromatic hydroxyl groups is 1. The predicted molar refractivity (Wildman–Crippen MR) is 56.1 cm³/mol. The summed E-state index contributed by atoms with van der Waals surface area (Å²) in [7, 11) is 1.08. The summed E-state index contributed by atoms with van der Waals surface area (Å²) in [4.78, 5) is 11.0. The molecular formula is C10H11ClO5. The lowest BCUT2D eigenvalue weighted by Crippen LogP contribution is -2.29. The van der Waals surface area contributed by atoms with Crippen molar-refractivity contribution in [2.45, 2.75) is 12.2 Å². The zero-order valence-corrected chi connectivity index (χ0v) is 9.18. The molecule has 0 fully saturated rings. The van der Waals surface area contributed by atoms with Crippen molar-refractivity contribution in [3.05, 3.63) is 28.8 Å². The topological polar surface area (TPSA) is 87.0 Å². The van der Waals surface area contributed by atoms with Crippen molar-refractivity contribution in [1.82, 2.24) is 0 Å². The Balaban J connectivity index is 2.96. The number of carbonyl (C=O) groups is 1. The van der Waals surface area contributed by atoms with Gasteiger partial charge in [0.25, 0.3) is 0 Å². The Bertz CT molecular complexity index is 393. The molecule has 3 N–H and O–H groups in total. The molecule has 16 heavy (non-hydrogen) atoms. The molecule has 0 heterocycles. The summed E-state index contributed by atoms with van der Waals surface area (Å²) < 4.78 is 4.26. The molecule has 0 aromatic heterocycles. The number of phenolic OH excluding ortho intramolecular Hbond substituents is 1. The van der Waals surface area contributed by atoms with E-state index >= 15 is 0 Å². The number of hydrogen-bond acceptors (Lipinski definition) is 5. The highest BCUT2D eigenvalue weighted by Crippen LogP contribution is 2.29. The highest BCUT2D eigenvalue weighted by Gasteiger charge is 2.28. The van der Waals surface area contributed by atoms with Crippen molar-refractivity contribution in [3.63, 3.8) is 0 Å². The molecule has 0 radical (unpaired) electrons. The Morgan fingerprint density at radius 1 is 1.44 bits per heavy atom. The van der Waals surface area contributed by atoms with Crippen LogP contribution in [0.4, 0.5) is 0 Å². The molecule has 0 saturated heterocycles. The maximum Gasteiger partial charge on any atom is 0.337 e. The molecule has 0 aliphatic heterocycles. The Morgan fingerprint density at radius 2 is 2.06 bits per heavy atom. The van der Waals surface area contributed by atoms with Gasteiger partial charge in [-0.3, -0.25) is 0 Å². The van der Waals surface area contributed by atoms with Gasteiger partial charge in [-0.25, -0.2) is 4.79 Å². The minimum atomic E-state index is -1.75. The molecule has 6 heteroatoms. The van der Waals surface area contributed by atoms with E-state index in [0.29, 0.717) is 0 Å². The molecular weight excluding hydrogens is 236 g/mol. The number of carbonyl (C=O) groups excluding carboxylic acids is 1. The van der Waals surface area contributed by atoms with E-state index in [9.17, 15) is 20.1 Å². The van der Waals surface area contributed by atoms with Crippen LogP contribution in [0.1, 0.15) is 11.7 Å². The quantitative estimate of drug-likeness (QED) is 0.681. The first-order valence-corrected chi connectivity index (χ1v) is 4.77. The van der Waals surface area contributed by atoms with Crippen molar-refractivity contribution in [3.8, 4) is 5.75 Å². The van der Waals surface area contributed by atoms with Crippen LogP contribution in [-0.4, -0.2) is 34.5 Å². The van der Waals surface area contributed by atoms with Crippen LogP contribution in [0.25, 0.3) is 0 Å². The second-order valence-electron chi connectivity index (χ2n) is 3.12. The fourth-order valence-corrected chi connectivity index (χ4v) is 1.35. The van der Waals surface area contributed by atoms with Gasteiger partial charge in [-0.2, -0.15) is 0 Å². The van der Waals surface area contributed by atoms with Crippen molar-refractivity contribution in [1.29, 1.82) is 0 Å². The van der Waals surface area contributed by atoms with Gasteiger partial charge in [0, 0.05) is 10.6 Å². The van der Waals surface area contributed by atoms with Crippen molar-refractivity contribution in [2.24, 2.45) is 0 Å². The van der Waals surface area contributed by atoms with E-state index in [1.165, 1.54) is 18.2 Å². The minimum Gasteiger partial charge on any atom is -0.508 e. The van der Waals surface area contributed by atoms with Crippen molar-refractivity contribution in [2.75, 3.05) is 7.11 Å². The number of methoxy groups -OCH3 is 1. The van der Waals surface area contributed by atoms with Crippen molar-refractivity contribution >= 4 is 17.6 Å². The van der Waals surface area contributed by atoms with Crippen LogP contribution >= 0.6 is 11.6 Å². The predicted octanol–water partition coefficient (Wildman–Crippen LogP) is 0.613. The number of halogens is 1. The lowest BCUT2D eigenvalue weighted by Gasteiger charge is -2.16. The number of benzene rings is 1. The maximum atomic E-state index is 11.0. The first-order valence-electron chi connectivity index (χ1n) is 4.39. The van der Waals surface area contributed by atoms with Gasteiger partial charge in [-0.15, -0.1) is 0 Å². The van der Waals surface area contributed by atoms with Gasteiger partial charge in [-0.1, -0.05) is 17.7 Å². The van der Waals surface area contributed by atoms with E-state index in [1.54, 1.807) is 0 Å². The summed E-state index contributed by atoms with van der Waals surface area (Å²) in [5.74, 6) is -1.29. The molecule has 1 rings (SSSR count). The van der Waals surface area contributed by atoms with E-state index in [-0.39, 0.29) is 16.3 Å². The number of ether oxygens (including phenoxy) is 1. The molecule has 0 saturated carbocycles. The number of hydrogen-bond donors (Lipinski definition) is 3. The highest BCUT2D eigenvalue weighted by atomic mass is 35.5. The molecule has 2 unspecified atom stereocenters. The first kappa shape index (κ1) is 12.8. The van der Waals surface area contributed by atoms with Gasteiger partial charge in [0.05, 0.1) is 7.11 Å². The van der Waals surface area contributed by atoms with Crippen LogP contribution in [0.2, 0.25) is 5.02 Å². The third-order valence-corrected chi connectivity index (χ3v) is 2.29. The molecule has 88 valence electrons. The van der Waals surface area contributed by atoms with Crippen LogP contribution in [0, 0.1) is 0 Å². The zero-order valence-electron chi connectivity index (χ0n) is 8.42. The Labute approximate surface area is 96.9 Å². The maximum absolute atomic E-state index is 11.0. The van der Waals surface area contributed by atoms with Gasteiger partial charge in [-0.05, 0) is 12.1 Å². The van der Waals surface area contributed by atoms with Crippen molar-refractivity contribution < 1.29 is 24.9 Å². The molecule has 0 spiro atoms. The van der Waals surface area contributed by atoms with Crippen LogP contribution in [0.15, 0.2) is 18.2 Å². The molecule has 5 nitrogen and oxygen atoms in total. The fourth-order valence-electron chi connectivity index (χ4n) is 1.19. The zero-order chi connectivity index (χ0) is 12.3. The number of rotatable bonds is 3. The van der Waals surface area contributed by atoms with E-state index in [0.717, 1.165) is 7.11 Å². The molecule has 0 amide bonds. The highest BCUT2D eigenvalue weighted by molar-refractivity contribution is 6.30. The van der Waals surface area contributed by atoms with Crippen LogP contribution in [0.5, 0.6) is 5.75 Å². The summed E-state index contributed by atoms with van der Waals surface area (Å²) in [6, 6.07) is 3.93. The molecule has 1 aromatic rings. The van der Waals surface area contributed by atoms with Crippen LogP contribution in [-0.2, 0) is 9.53 Å². The molecule has 0 aliphatic carbocycles. The monoisotopic (exact) mass is 246 g/mol. The molecule has 1 aromatic carbocycles. The fraction of sp³-hybridized carbons (Fsp3) is 0.300. The second-order valence-corrected chi connectivity index (χ2v) is 3.55. The first-order chi connectivity index (χ1) is 7.47. The van der Waals surface area contributed by atoms with Gasteiger partial charge in [0.2, 0.25) is 0 Å². The summed E-state index contributed by atoms with van der Waals surface area (Å²) in [6.45, 7) is 0. The average molecular weight is 247 g/mol. The van der Waals surface area contributed by atoms with E-state index < -0.39 is 18.2 Å². The minimum absolute atomic E-state index is 0.00213.